The molecule has 184 valence electrons. The van der Waals surface area contributed by atoms with Crippen LogP contribution in [0.1, 0.15) is 49.1 Å². The monoisotopic (exact) mass is 478 g/mol. The van der Waals surface area contributed by atoms with Crippen molar-refractivity contribution in [2.24, 2.45) is 5.92 Å². The minimum atomic E-state index is -1.36. The van der Waals surface area contributed by atoms with Crippen molar-refractivity contribution in [3.05, 3.63) is 59.7 Å². The molecule has 3 aliphatic rings. The highest BCUT2D eigenvalue weighted by atomic mass is 16.5. The van der Waals surface area contributed by atoms with E-state index in [-0.39, 0.29) is 49.8 Å². The van der Waals surface area contributed by atoms with Crippen molar-refractivity contribution in [1.82, 2.24) is 10.6 Å². The maximum Gasteiger partial charge on any atom is 0.407 e. The molecule has 35 heavy (non-hydrogen) atoms. The Balaban J connectivity index is 1.17. The summed E-state index contributed by atoms with van der Waals surface area (Å²) in [7, 11) is 0. The number of carbonyl (C=O) groups excluding carboxylic acids is 2. The van der Waals surface area contributed by atoms with Crippen molar-refractivity contribution in [1.29, 1.82) is 0 Å². The summed E-state index contributed by atoms with van der Waals surface area (Å²) in [5, 5.41) is 15.2. The molecule has 0 aromatic heterocycles. The molecule has 2 amide bonds. The molecule has 3 atom stereocenters. The first-order chi connectivity index (χ1) is 17.0. The summed E-state index contributed by atoms with van der Waals surface area (Å²) in [5.74, 6) is -1.49. The Morgan fingerprint density at radius 1 is 1.03 bits per heavy atom. The number of alkyl carbamates (subject to hydrolysis) is 1. The first-order valence-corrected chi connectivity index (χ1v) is 12.2. The molecule has 3 N–H and O–H groups in total. The van der Waals surface area contributed by atoms with E-state index in [9.17, 15) is 19.5 Å². The highest BCUT2D eigenvalue weighted by molar-refractivity contribution is 5.87. The van der Waals surface area contributed by atoms with E-state index >= 15 is 0 Å². The zero-order chi connectivity index (χ0) is 24.4. The average molecular weight is 479 g/mol. The number of benzene rings is 2. The van der Waals surface area contributed by atoms with E-state index in [0.717, 1.165) is 30.4 Å². The Labute approximate surface area is 204 Å². The van der Waals surface area contributed by atoms with Crippen LogP contribution in [0.4, 0.5) is 4.79 Å². The zero-order valence-electron chi connectivity index (χ0n) is 19.5. The fourth-order valence-electron chi connectivity index (χ4n) is 5.70. The van der Waals surface area contributed by atoms with Crippen LogP contribution in [0.2, 0.25) is 0 Å². The minimum absolute atomic E-state index is 0.0147. The Bertz CT molecular complexity index is 1080. The minimum Gasteiger partial charge on any atom is -0.479 e. The molecule has 8 heteroatoms. The molecule has 3 unspecified atom stereocenters. The molecule has 2 aliphatic carbocycles. The Morgan fingerprint density at radius 2 is 1.71 bits per heavy atom. The van der Waals surface area contributed by atoms with Gasteiger partial charge in [-0.15, -0.1) is 0 Å². The van der Waals surface area contributed by atoms with Crippen molar-refractivity contribution in [3.8, 4) is 11.1 Å². The lowest BCUT2D eigenvalue weighted by molar-refractivity contribution is -0.147. The number of hydrogen-bond donors (Lipinski definition) is 3. The van der Waals surface area contributed by atoms with Crippen molar-refractivity contribution in [2.75, 3.05) is 19.8 Å². The van der Waals surface area contributed by atoms with Crippen LogP contribution in [0.5, 0.6) is 0 Å². The number of carboxylic acid groups (broad SMARTS) is 1. The van der Waals surface area contributed by atoms with Gasteiger partial charge in [0, 0.05) is 31.4 Å². The fraction of sp³-hybridized carbons (Fsp3) is 0.444. The molecular weight excluding hydrogens is 448 g/mol. The molecule has 5 rings (SSSR count). The van der Waals surface area contributed by atoms with E-state index in [2.05, 4.69) is 34.9 Å². The van der Waals surface area contributed by atoms with E-state index in [1.165, 1.54) is 11.1 Å². The zero-order valence-corrected chi connectivity index (χ0v) is 19.5. The molecule has 0 spiro atoms. The van der Waals surface area contributed by atoms with E-state index in [4.69, 9.17) is 9.47 Å². The number of ether oxygens (including phenoxy) is 2. The van der Waals surface area contributed by atoms with Crippen molar-refractivity contribution >= 4 is 18.0 Å². The topological polar surface area (TPSA) is 114 Å². The smallest absolute Gasteiger partial charge is 0.407 e. The number of aliphatic carboxylic acids is 1. The lowest BCUT2D eigenvalue weighted by atomic mass is 9.95. The molecule has 0 radical (unpaired) electrons. The summed E-state index contributed by atoms with van der Waals surface area (Å²) in [6.45, 7) is 0.515. The van der Waals surface area contributed by atoms with Gasteiger partial charge in [0.15, 0.2) is 5.54 Å². The number of amides is 2. The van der Waals surface area contributed by atoms with Crippen LogP contribution >= 0.6 is 0 Å². The Morgan fingerprint density at radius 3 is 2.34 bits per heavy atom. The summed E-state index contributed by atoms with van der Waals surface area (Å²) in [5.41, 5.74) is 3.29. The lowest BCUT2D eigenvalue weighted by Crippen LogP contribution is -2.55. The normalized spacial score (nSPS) is 25.0. The van der Waals surface area contributed by atoms with E-state index in [1.54, 1.807) is 0 Å². The molecular formula is C27H30N2O6. The third-order valence-corrected chi connectivity index (χ3v) is 7.56. The van der Waals surface area contributed by atoms with Crippen molar-refractivity contribution < 1.29 is 29.0 Å². The molecule has 2 aromatic carbocycles. The molecule has 0 bridgehead atoms. The summed E-state index contributed by atoms with van der Waals surface area (Å²) in [6.07, 6.45) is 2.35. The predicted molar refractivity (Wildman–Crippen MR) is 128 cm³/mol. The number of rotatable bonds is 7. The molecule has 2 aromatic rings. The van der Waals surface area contributed by atoms with E-state index < -0.39 is 17.6 Å². The first kappa shape index (κ1) is 23.4. The molecule has 1 saturated carbocycles. The maximum atomic E-state index is 12.7. The number of nitrogens with one attached hydrogen (secondary N) is 2. The van der Waals surface area contributed by atoms with Crippen LogP contribution < -0.4 is 10.6 Å². The van der Waals surface area contributed by atoms with Gasteiger partial charge in [-0.25, -0.2) is 9.59 Å². The number of hydrogen-bond acceptors (Lipinski definition) is 5. The van der Waals surface area contributed by atoms with Gasteiger partial charge in [0.25, 0.3) is 0 Å². The quantitative estimate of drug-likeness (QED) is 0.562. The number of carboxylic acids is 1. The second-order valence-electron chi connectivity index (χ2n) is 9.71. The molecule has 2 fully saturated rings. The van der Waals surface area contributed by atoms with Gasteiger partial charge in [-0.05, 0) is 41.0 Å². The SMILES string of the molecule is O=C(CC1CCCC1NC(=O)OCC1c2ccccc2-c2ccccc21)NC1(C(=O)O)CCOC1. The van der Waals surface area contributed by atoms with E-state index in [0.29, 0.717) is 6.61 Å². The average Bonchev–Trinajstić information content (AvgIpc) is 3.57. The van der Waals surface area contributed by atoms with E-state index in [1.807, 2.05) is 24.3 Å². The summed E-state index contributed by atoms with van der Waals surface area (Å²) in [6, 6.07) is 16.2. The van der Waals surface area contributed by atoms with Gasteiger partial charge in [0.1, 0.15) is 6.61 Å². The van der Waals surface area contributed by atoms with Gasteiger partial charge < -0.3 is 25.2 Å². The van der Waals surface area contributed by atoms with Crippen LogP contribution in [0.25, 0.3) is 11.1 Å². The standard InChI is InChI=1S/C27H30N2O6/c30-24(29-27(25(31)32)12-13-34-16-27)14-17-6-5-11-23(17)28-26(33)35-15-22-20-9-3-1-7-18(20)19-8-2-4-10-21(19)22/h1-4,7-10,17,22-23H,5-6,11-16H2,(H,28,33)(H,29,30)(H,31,32). The molecule has 8 nitrogen and oxygen atoms in total. The van der Waals surface area contributed by atoms with Crippen molar-refractivity contribution in [3.63, 3.8) is 0 Å². The van der Waals surface area contributed by atoms with Gasteiger partial charge >= 0.3 is 12.1 Å². The van der Waals surface area contributed by atoms with Gasteiger partial charge in [0.05, 0.1) is 6.61 Å². The second kappa shape index (κ2) is 9.70. The summed E-state index contributed by atoms with van der Waals surface area (Å²) in [4.78, 5) is 37.0. The van der Waals surface area contributed by atoms with Gasteiger partial charge in [-0.2, -0.15) is 0 Å². The maximum absolute atomic E-state index is 12.7. The molecule has 1 aliphatic heterocycles. The van der Waals surface area contributed by atoms with Crippen LogP contribution in [-0.4, -0.2) is 54.5 Å². The lowest BCUT2D eigenvalue weighted by Gasteiger charge is -2.26. The van der Waals surface area contributed by atoms with Gasteiger partial charge in [-0.3, -0.25) is 4.79 Å². The predicted octanol–water partition coefficient (Wildman–Crippen LogP) is 3.44. The van der Waals surface area contributed by atoms with Crippen LogP contribution in [0.3, 0.4) is 0 Å². The van der Waals surface area contributed by atoms with Crippen LogP contribution in [0.15, 0.2) is 48.5 Å². The first-order valence-electron chi connectivity index (χ1n) is 12.2. The van der Waals surface area contributed by atoms with Crippen molar-refractivity contribution in [2.45, 2.75) is 49.6 Å². The largest absolute Gasteiger partial charge is 0.479 e. The molecule has 1 heterocycles. The fourth-order valence-corrected chi connectivity index (χ4v) is 5.70. The van der Waals surface area contributed by atoms with Gasteiger partial charge in [0.2, 0.25) is 5.91 Å². The third kappa shape index (κ3) is 4.62. The third-order valence-electron chi connectivity index (χ3n) is 7.56. The van der Waals surface area contributed by atoms with Crippen LogP contribution in [-0.2, 0) is 19.1 Å². The Hall–Kier alpha value is -3.39. The number of fused-ring (bicyclic) bond motifs is 3. The second-order valence-corrected chi connectivity index (χ2v) is 9.71. The van der Waals surface area contributed by atoms with Crippen LogP contribution in [0, 0.1) is 5.92 Å². The number of carbonyl (C=O) groups is 3. The highest BCUT2D eigenvalue weighted by Crippen LogP contribution is 2.44. The summed E-state index contributed by atoms with van der Waals surface area (Å²) < 4.78 is 10.9. The Kier molecular flexibility index (Phi) is 6.47. The van der Waals surface area contributed by atoms with Gasteiger partial charge in [-0.1, -0.05) is 55.0 Å². The highest BCUT2D eigenvalue weighted by Gasteiger charge is 2.44. The summed E-state index contributed by atoms with van der Waals surface area (Å²) >= 11 is 0. The molecule has 1 saturated heterocycles.